The van der Waals surface area contributed by atoms with Gasteiger partial charge < -0.3 is 10.2 Å². The number of halogens is 2. The molecule has 7 heteroatoms. The van der Waals surface area contributed by atoms with Gasteiger partial charge in [0, 0.05) is 18.3 Å². The highest BCUT2D eigenvalue weighted by Gasteiger charge is 2.26. The highest BCUT2D eigenvalue weighted by molar-refractivity contribution is 6.28. The van der Waals surface area contributed by atoms with E-state index in [1.54, 1.807) is 31.0 Å². The van der Waals surface area contributed by atoms with E-state index in [4.69, 9.17) is 11.6 Å². The number of aryl methyl sites for hydroxylation is 1. The number of nitrogens with zero attached hydrogens (tertiary/aromatic N) is 3. The molecule has 0 radical (unpaired) electrons. The number of carbonyl (C=O) groups excluding carboxylic acids is 1. The number of likely N-dealkylation sites (N-methyl/N-ethyl adjacent to an activating group) is 1. The summed E-state index contributed by atoms with van der Waals surface area (Å²) in [6.07, 6.45) is 2.77. The molecule has 0 bridgehead atoms. The van der Waals surface area contributed by atoms with Crippen molar-refractivity contribution in [3.63, 3.8) is 0 Å². The summed E-state index contributed by atoms with van der Waals surface area (Å²) < 4.78 is 13.2. The zero-order valence-electron chi connectivity index (χ0n) is 13.5. The molecule has 1 aliphatic carbocycles. The van der Waals surface area contributed by atoms with Crippen LogP contribution in [0.4, 0.5) is 15.9 Å². The molecule has 0 saturated carbocycles. The van der Waals surface area contributed by atoms with Gasteiger partial charge in [0.25, 0.3) is 0 Å². The third kappa shape index (κ3) is 3.33. The van der Waals surface area contributed by atoms with E-state index in [1.807, 2.05) is 0 Å². The molecule has 1 atom stereocenters. The Bertz CT molecular complexity index is 783. The van der Waals surface area contributed by atoms with Gasteiger partial charge in [0.15, 0.2) is 0 Å². The van der Waals surface area contributed by atoms with Crippen molar-refractivity contribution in [2.24, 2.45) is 0 Å². The average molecular weight is 349 g/mol. The Labute approximate surface area is 144 Å². The van der Waals surface area contributed by atoms with Crippen LogP contribution in [0.5, 0.6) is 0 Å². The van der Waals surface area contributed by atoms with Gasteiger partial charge in [-0.3, -0.25) is 4.79 Å². The van der Waals surface area contributed by atoms with Crippen molar-refractivity contribution in [3.05, 3.63) is 46.6 Å². The Hall–Kier alpha value is -2.21. The van der Waals surface area contributed by atoms with E-state index in [1.165, 1.54) is 12.1 Å². The van der Waals surface area contributed by atoms with Crippen molar-refractivity contribution in [2.45, 2.75) is 32.2 Å². The van der Waals surface area contributed by atoms with Gasteiger partial charge >= 0.3 is 0 Å². The molecule has 0 spiro atoms. The fourth-order valence-corrected chi connectivity index (χ4v) is 3.03. The predicted octanol–water partition coefficient (Wildman–Crippen LogP) is 3.22. The molecule has 1 unspecified atom stereocenters. The fraction of sp³-hybridized carbons (Fsp3) is 0.353. The van der Waals surface area contributed by atoms with Gasteiger partial charge in [-0.15, -0.1) is 0 Å². The minimum Gasteiger partial charge on any atom is -0.348 e. The standard InChI is InChI=1S/C17H18ClFN4O/c1-10(16(24)20-12-6-3-5-11(19)9-12)23(2)15-13-7-4-8-14(13)21-17(18)22-15/h3,5-6,9-10H,4,7-8H2,1-2H3,(H,20,24). The maximum Gasteiger partial charge on any atom is 0.246 e. The van der Waals surface area contributed by atoms with Crippen molar-refractivity contribution in [1.82, 2.24) is 9.97 Å². The van der Waals surface area contributed by atoms with E-state index < -0.39 is 11.9 Å². The second-order valence-electron chi connectivity index (χ2n) is 5.88. The van der Waals surface area contributed by atoms with Gasteiger partial charge in [0.2, 0.25) is 11.2 Å². The van der Waals surface area contributed by atoms with Crippen LogP contribution in [0.25, 0.3) is 0 Å². The molecule has 1 amide bonds. The van der Waals surface area contributed by atoms with E-state index in [0.717, 1.165) is 30.5 Å². The Morgan fingerprint density at radius 3 is 2.92 bits per heavy atom. The van der Waals surface area contributed by atoms with Gasteiger partial charge in [-0.25, -0.2) is 14.4 Å². The van der Waals surface area contributed by atoms with Gasteiger partial charge in [-0.2, -0.15) is 0 Å². The monoisotopic (exact) mass is 348 g/mol. The van der Waals surface area contributed by atoms with E-state index in [0.29, 0.717) is 11.5 Å². The predicted molar refractivity (Wildman–Crippen MR) is 92.0 cm³/mol. The Morgan fingerprint density at radius 1 is 1.38 bits per heavy atom. The quantitative estimate of drug-likeness (QED) is 0.862. The average Bonchev–Trinajstić information content (AvgIpc) is 3.00. The van der Waals surface area contributed by atoms with Crippen LogP contribution in [0, 0.1) is 5.82 Å². The largest absolute Gasteiger partial charge is 0.348 e. The van der Waals surface area contributed by atoms with Crippen LogP contribution in [0.2, 0.25) is 5.28 Å². The summed E-state index contributed by atoms with van der Waals surface area (Å²) >= 11 is 6.01. The number of hydrogen-bond acceptors (Lipinski definition) is 4. The molecular weight excluding hydrogens is 331 g/mol. The summed E-state index contributed by atoms with van der Waals surface area (Å²) in [5.74, 6) is 0.0446. The molecule has 1 N–H and O–H groups in total. The first-order valence-corrected chi connectivity index (χ1v) is 8.18. The molecule has 1 aromatic heterocycles. The summed E-state index contributed by atoms with van der Waals surface area (Å²) in [6, 6.07) is 5.31. The van der Waals surface area contributed by atoms with Gasteiger partial charge in [-0.1, -0.05) is 6.07 Å². The van der Waals surface area contributed by atoms with Gasteiger partial charge in [0.1, 0.15) is 17.7 Å². The summed E-state index contributed by atoms with van der Waals surface area (Å²) in [5, 5.41) is 2.91. The van der Waals surface area contributed by atoms with Crippen molar-refractivity contribution in [2.75, 3.05) is 17.3 Å². The minimum atomic E-state index is -0.496. The summed E-state index contributed by atoms with van der Waals surface area (Å²) in [4.78, 5) is 22.8. The SMILES string of the molecule is CC(C(=O)Nc1cccc(F)c1)N(C)c1nc(Cl)nc2c1CCC2. The van der Waals surface area contributed by atoms with Crippen LogP contribution in [0.1, 0.15) is 24.6 Å². The number of amides is 1. The van der Waals surface area contributed by atoms with Crippen molar-refractivity contribution in [1.29, 1.82) is 0 Å². The Balaban J connectivity index is 1.80. The summed E-state index contributed by atoms with van der Waals surface area (Å²) in [7, 11) is 1.80. The fourth-order valence-electron chi connectivity index (χ4n) is 2.85. The van der Waals surface area contributed by atoms with Crippen LogP contribution in [-0.4, -0.2) is 29.0 Å². The first kappa shape index (κ1) is 16.6. The molecule has 24 heavy (non-hydrogen) atoms. The number of nitrogens with one attached hydrogen (secondary N) is 1. The van der Waals surface area contributed by atoms with Crippen LogP contribution in [-0.2, 0) is 17.6 Å². The maximum atomic E-state index is 13.2. The molecule has 0 saturated heterocycles. The maximum absolute atomic E-state index is 13.2. The Morgan fingerprint density at radius 2 is 2.17 bits per heavy atom. The number of aromatic nitrogens is 2. The normalized spacial score (nSPS) is 14.2. The van der Waals surface area contributed by atoms with Gasteiger partial charge in [-0.05, 0) is 56.0 Å². The van der Waals surface area contributed by atoms with Gasteiger partial charge in [0.05, 0.1) is 5.69 Å². The van der Waals surface area contributed by atoms with E-state index >= 15 is 0 Å². The van der Waals surface area contributed by atoms with Crippen LogP contribution >= 0.6 is 11.6 Å². The second-order valence-corrected chi connectivity index (χ2v) is 6.22. The molecule has 5 nitrogen and oxygen atoms in total. The molecule has 2 aromatic rings. The topological polar surface area (TPSA) is 58.1 Å². The minimum absolute atomic E-state index is 0.190. The number of benzene rings is 1. The van der Waals surface area contributed by atoms with E-state index in [2.05, 4.69) is 15.3 Å². The molecule has 1 aromatic carbocycles. The first-order chi connectivity index (χ1) is 11.5. The number of carbonyl (C=O) groups is 1. The van der Waals surface area contributed by atoms with Crippen LogP contribution in [0.15, 0.2) is 24.3 Å². The molecule has 1 heterocycles. The highest BCUT2D eigenvalue weighted by atomic mass is 35.5. The zero-order valence-corrected chi connectivity index (χ0v) is 14.3. The summed E-state index contributed by atoms with van der Waals surface area (Å²) in [6.45, 7) is 1.77. The Kier molecular flexibility index (Phi) is 4.66. The lowest BCUT2D eigenvalue weighted by Gasteiger charge is -2.27. The first-order valence-electron chi connectivity index (χ1n) is 7.80. The highest BCUT2D eigenvalue weighted by Crippen LogP contribution is 2.30. The number of hydrogen-bond donors (Lipinski definition) is 1. The third-order valence-electron chi connectivity index (χ3n) is 4.27. The van der Waals surface area contributed by atoms with E-state index in [-0.39, 0.29) is 11.2 Å². The number of anilines is 2. The molecule has 1 aliphatic rings. The summed E-state index contributed by atoms with van der Waals surface area (Å²) in [5.41, 5.74) is 2.42. The smallest absolute Gasteiger partial charge is 0.246 e. The lowest BCUT2D eigenvalue weighted by Crippen LogP contribution is -2.40. The molecule has 3 rings (SSSR count). The molecular formula is C17H18ClFN4O. The molecule has 0 aliphatic heterocycles. The zero-order chi connectivity index (χ0) is 17.3. The number of rotatable bonds is 4. The van der Waals surface area contributed by atoms with Crippen molar-refractivity contribution in [3.8, 4) is 0 Å². The number of fused-ring (bicyclic) bond motifs is 1. The second kappa shape index (κ2) is 6.73. The van der Waals surface area contributed by atoms with E-state index in [9.17, 15) is 9.18 Å². The third-order valence-corrected chi connectivity index (χ3v) is 4.44. The molecule has 0 fully saturated rings. The lowest BCUT2D eigenvalue weighted by molar-refractivity contribution is -0.117. The van der Waals surface area contributed by atoms with Crippen LogP contribution < -0.4 is 10.2 Å². The van der Waals surface area contributed by atoms with Crippen molar-refractivity contribution < 1.29 is 9.18 Å². The molecule has 126 valence electrons. The lowest BCUT2D eigenvalue weighted by atomic mass is 10.2. The van der Waals surface area contributed by atoms with Crippen molar-refractivity contribution >= 4 is 29.0 Å². The van der Waals surface area contributed by atoms with Crippen LogP contribution in [0.3, 0.4) is 0 Å².